The highest BCUT2D eigenvalue weighted by atomic mass is 79.9. The molecule has 1 saturated heterocycles. The molecule has 22 heavy (non-hydrogen) atoms. The fraction of sp³-hybridized carbons (Fsp3) is 0.312. The maximum absolute atomic E-state index is 11.2. The van der Waals surface area contributed by atoms with E-state index in [-0.39, 0.29) is 6.10 Å². The van der Waals surface area contributed by atoms with Crippen molar-refractivity contribution in [3.05, 3.63) is 46.3 Å². The molecule has 114 valence electrons. The van der Waals surface area contributed by atoms with Crippen LogP contribution >= 0.6 is 15.9 Å². The third-order valence-corrected chi connectivity index (χ3v) is 4.08. The zero-order chi connectivity index (χ0) is 15.5. The fourth-order valence-electron chi connectivity index (χ4n) is 2.53. The molecule has 3 heterocycles. The highest BCUT2D eigenvalue weighted by molar-refractivity contribution is 9.10. The highest BCUT2D eigenvalue weighted by Gasteiger charge is 2.26. The lowest BCUT2D eigenvalue weighted by atomic mass is 10.3. The molecule has 1 aliphatic heterocycles. The first-order valence-corrected chi connectivity index (χ1v) is 7.91. The Morgan fingerprint density at radius 2 is 2.23 bits per heavy atom. The molecule has 0 bridgehead atoms. The van der Waals surface area contributed by atoms with Crippen molar-refractivity contribution in [3.8, 4) is 5.88 Å². The molecule has 1 atom stereocenters. The van der Waals surface area contributed by atoms with Crippen LogP contribution in [0.1, 0.15) is 22.5 Å². The minimum absolute atomic E-state index is 0.0679. The first-order valence-electron chi connectivity index (χ1n) is 7.11. The van der Waals surface area contributed by atoms with Crippen molar-refractivity contribution in [2.75, 3.05) is 18.0 Å². The Hall–Kier alpha value is -1.95. The molecule has 0 N–H and O–H groups in total. The van der Waals surface area contributed by atoms with E-state index in [1.54, 1.807) is 6.20 Å². The van der Waals surface area contributed by atoms with E-state index < -0.39 is 0 Å². The maximum Gasteiger partial charge on any atom is 0.213 e. The van der Waals surface area contributed by atoms with E-state index in [1.165, 1.54) is 0 Å². The van der Waals surface area contributed by atoms with E-state index in [0.29, 0.717) is 16.2 Å². The number of carbonyl (C=O) groups excluding carboxylic acids is 1. The number of aryl methyl sites for hydroxylation is 1. The second kappa shape index (κ2) is 6.44. The van der Waals surface area contributed by atoms with Crippen LogP contribution in [0.4, 0.5) is 5.69 Å². The Morgan fingerprint density at radius 1 is 1.36 bits per heavy atom. The van der Waals surface area contributed by atoms with E-state index in [1.807, 2.05) is 31.2 Å². The number of halogens is 1. The van der Waals surface area contributed by atoms with Crippen LogP contribution in [-0.2, 0) is 0 Å². The summed E-state index contributed by atoms with van der Waals surface area (Å²) in [4.78, 5) is 21.8. The van der Waals surface area contributed by atoms with Gasteiger partial charge in [-0.25, -0.2) is 9.97 Å². The van der Waals surface area contributed by atoms with Gasteiger partial charge in [0.05, 0.1) is 12.2 Å². The molecule has 1 aliphatic rings. The summed E-state index contributed by atoms with van der Waals surface area (Å²) in [6, 6.07) is 7.62. The second-order valence-corrected chi connectivity index (χ2v) is 6.12. The number of hydrogen-bond donors (Lipinski definition) is 0. The number of pyridine rings is 2. The van der Waals surface area contributed by atoms with Gasteiger partial charge in [-0.1, -0.05) is 6.07 Å². The maximum atomic E-state index is 11.2. The normalized spacial score (nSPS) is 17.5. The van der Waals surface area contributed by atoms with Crippen LogP contribution in [0.2, 0.25) is 0 Å². The standard InChI is InChI=1S/C16H16BrN3O2/c1-11-2-5-16(18-8-11)22-12-6-7-20(9-12)14-3-4-15(17)19-13(14)10-21/h2-5,8,10,12H,6-7,9H2,1H3. The van der Waals surface area contributed by atoms with Crippen molar-refractivity contribution in [1.29, 1.82) is 0 Å². The predicted octanol–water partition coefficient (Wildman–Crippen LogP) is 3.02. The molecule has 6 heteroatoms. The summed E-state index contributed by atoms with van der Waals surface area (Å²) in [5, 5.41) is 0. The Morgan fingerprint density at radius 3 is 2.95 bits per heavy atom. The van der Waals surface area contributed by atoms with Crippen LogP contribution in [-0.4, -0.2) is 35.4 Å². The van der Waals surface area contributed by atoms with Crippen LogP contribution in [0.5, 0.6) is 5.88 Å². The van der Waals surface area contributed by atoms with Gasteiger partial charge in [0, 0.05) is 25.2 Å². The Kier molecular flexibility index (Phi) is 4.38. The molecule has 1 unspecified atom stereocenters. The van der Waals surface area contributed by atoms with Crippen molar-refractivity contribution in [3.63, 3.8) is 0 Å². The number of aldehydes is 1. The van der Waals surface area contributed by atoms with Crippen molar-refractivity contribution in [2.24, 2.45) is 0 Å². The zero-order valence-corrected chi connectivity index (χ0v) is 13.8. The first-order chi connectivity index (χ1) is 10.7. The molecule has 0 amide bonds. The largest absolute Gasteiger partial charge is 0.472 e. The van der Waals surface area contributed by atoms with E-state index in [2.05, 4.69) is 30.8 Å². The minimum Gasteiger partial charge on any atom is -0.472 e. The number of nitrogens with zero attached hydrogens (tertiary/aromatic N) is 3. The zero-order valence-electron chi connectivity index (χ0n) is 12.2. The van der Waals surface area contributed by atoms with Crippen LogP contribution < -0.4 is 9.64 Å². The van der Waals surface area contributed by atoms with Gasteiger partial charge < -0.3 is 9.64 Å². The molecule has 1 fully saturated rings. The summed E-state index contributed by atoms with van der Waals surface area (Å²) in [5.41, 5.74) is 2.40. The molecular weight excluding hydrogens is 346 g/mol. The van der Waals surface area contributed by atoms with Gasteiger partial charge >= 0.3 is 0 Å². The average molecular weight is 362 g/mol. The molecule has 2 aromatic rings. The van der Waals surface area contributed by atoms with E-state index in [0.717, 1.165) is 37.0 Å². The van der Waals surface area contributed by atoms with Crippen molar-refractivity contribution in [2.45, 2.75) is 19.4 Å². The van der Waals surface area contributed by atoms with Crippen LogP contribution in [0.25, 0.3) is 0 Å². The van der Waals surface area contributed by atoms with Crippen molar-refractivity contribution in [1.82, 2.24) is 9.97 Å². The van der Waals surface area contributed by atoms with E-state index in [9.17, 15) is 4.79 Å². The Bertz CT molecular complexity index is 676. The summed E-state index contributed by atoms with van der Waals surface area (Å²) in [6.07, 6.45) is 3.55. The van der Waals surface area contributed by atoms with Gasteiger partial charge in [0.25, 0.3) is 0 Å². The molecule has 0 saturated carbocycles. The summed E-state index contributed by atoms with van der Waals surface area (Å²) in [5.74, 6) is 0.641. The fourth-order valence-corrected chi connectivity index (χ4v) is 2.86. The lowest BCUT2D eigenvalue weighted by molar-refractivity contribution is 0.111. The molecule has 3 rings (SSSR count). The van der Waals surface area contributed by atoms with Gasteiger partial charge in [-0.05, 0) is 40.5 Å². The molecular formula is C16H16BrN3O2. The number of anilines is 1. The molecule has 0 spiro atoms. The van der Waals surface area contributed by atoms with Gasteiger partial charge in [-0.3, -0.25) is 4.79 Å². The molecule has 0 radical (unpaired) electrons. The smallest absolute Gasteiger partial charge is 0.213 e. The Labute approximate surface area is 137 Å². The minimum atomic E-state index is 0.0679. The molecule has 0 aliphatic carbocycles. The number of hydrogen-bond acceptors (Lipinski definition) is 5. The van der Waals surface area contributed by atoms with Gasteiger partial charge in [0.15, 0.2) is 6.29 Å². The predicted molar refractivity (Wildman–Crippen MR) is 87.5 cm³/mol. The van der Waals surface area contributed by atoms with Crippen molar-refractivity contribution < 1.29 is 9.53 Å². The van der Waals surface area contributed by atoms with Gasteiger partial charge in [0.1, 0.15) is 16.4 Å². The third-order valence-electron chi connectivity index (χ3n) is 3.64. The lowest BCUT2D eigenvalue weighted by Crippen LogP contribution is -2.25. The number of carbonyl (C=O) groups is 1. The Balaban J connectivity index is 1.69. The molecule has 2 aromatic heterocycles. The van der Waals surface area contributed by atoms with Crippen LogP contribution in [0.3, 0.4) is 0 Å². The summed E-state index contributed by atoms with van der Waals surface area (Å²) < 4.78 is 6.57. The number of rotatable bonds is 4. The quantitative estimate of drug-likeness (QED) is 0.618. The van der Waals surface area contributed by atoms with Crippen LogP contribution in [0.15, 0.2) is 35.1 Å². The SMILES string of the molecule is Cc1ccc(OC2CCN(c3ccc(Br)nc3C=O)C2)nc1. The third kappa shape index (κ3) is 3.27. The average Bonchev–Trinajstić information content (AvgIpc) is 2.97. The summed E-state index contributed by atoms with van der Waals surface area (Å²) >= 11 is 3.29. The topological polar surface area (TPSA) is 55.3 Å². The van der Waals surface area contributed by atoms with Gasteiger partial charge in [0.2, 0.25) is 5.88 Å². The lowest BCUT2D eigenvalue weighted by Gasteiger charge is -2.20. The molecule has 5 nitrogen and oxygen atoms in total. The van der Waals surface area contributed by atoms with Crippen LogP contribution in [0, 0.1) is 6.92 Å². The van der Waals surface area contributed by atoms with E-state index >= 15 is 0 Å². The second-order valence-electron chi connectivity index (χ2n) is 5.30. The summed E-state index contributed by atoms with van der Waals surface area (Å²) in [6.45, 7) is 3.55. The van der Waals surface area contributed by atoms with E-state index in [4.69, 9.17) is 4.74 Å². The van der Waals surface area contributed by atoms with Gasteiger partial charge in [-0.15, -0.1) is 0 Å². The molecule has 0 aromatic carbocycles. The van der Waals surface area contributed by atoms with Gasteiger partial charge in [-0.2, -0.15) is 0 Å². The highest BCUT2D eigenvalue weighted by Crippen LogP contribution is 2.26. The monoisotopic (exact) mass is 361 g/mol. The number of aromatic nitrogens is 2. The first kappa shape index (κ1) is 15.0. The number of ether oxygens (including phenoxy) is 1. The van der Waals surface area contributed by atoms with Crippen molar-refractivity contribution >= 4 is 27.9 Å². The summed E-state index contributed by atoms with van der Waals surface area (Å²) in [7, 11) is 0.